The number of hydrogen-bond acceptors (Lipinski definition) is 5. The van der Waals surface area contributed by atoms with Crippen LogP contribution in [0.25, 0.3) is 6.08 Å². The largest absolute Gasteiger partial charge is 0.378 e. The third kappa shape index (κ3) is 4.68. The molecule has 6 nitrogen and oxygen atoms in total. The molecule has 0 aliphatic carbocycles. The van der Waals surface area contributed by atoms with Crippen LogP contribution in [0, 0.1) is 18.3 Å². The molecule has 0 unspecified atom stereocenters. The Morgan fingerprint density at radius 2 is 1.88 bits per heavy atom. The first-order valence-electron chi connectivity index (χ1n) is 6.95. The molecule has 0 aliphatic heterocycles. The van der Waals surface area contributed by atoms with Gasteiger partial charge in [0.1, 0.15) is 22.3 Å². The molecule has 0 fully saturated rings. The Hall–Kier alpha value is -2.63. The Kier molecular flexibility index (Phi) is 5.62. The number of amides is 1. The minimum absolute atomic E-state index is 0.00800. The number of hydrogen-bond donors (Lipinski definition) is 1. The minimum atomic E-state index is -4.07. The molecule has 0 bridgehead atoms. The minimum Gasteiger partial charge on any atom is -0.378 e. The van der Waals surface area contributed by atoms with Crippen LogP contribution in [-0.2, 0) is 14.9 Å². The molecule has 0 aliphatic rings. The van der Waals surface area contributed by atoms with Gasteiger partial charge in [-0.2, -0.15) is 13.7 Å². The summed E-state index contributed by atoms with van der Waals surface area (Å²) in [4.78, 5) is 11.2. The second kappa shape index (κ2) is 7.51. The molecule has 0 heterocycles. The van der Waals surface area contributed by atoms with Crippen LogP contribution < -0.4 is 9.92 Å². The summed E-state index contributed by atoms with van der Waals surface area (Å²) in [5, 5.41) is 8.96. The van der Waals surface area contributed by atoms with E-state index >= 15 is 0 Å². The Morgan fingerprint density at radius 1 is 1.24 bits per heavy atom. The summed E-state index contributed by atoms with van der Waals surface area (Å²) in [6.45, 7) is 1.84. The third-order valence-electron chi connectivity index (χ3n) is 3.17. The van der Waals surface area contributed by atoms with E-state index < -0.39 is 16.0 Å². The number of halogens is 1. The standard InChI is InChI=1S/C17H13BrN2O4S/c1-11-2-5-15(6-3-11)25(22,23)24-16-7-4-14(18)9-12(16)8-13(10-19)17(20)21/h2-9H,1H3,(H2,20,21)/b13-8+. The maximum Gasteiger partial charge on any atom is 0.339 e. The summed E-state index contributed by atoms with van der Waals surface area (Å²) in [6, 6.07) is 12.3. The van der Waals surface area contributed by atoms with Crippen molar-refractivity contribution in [1.82, 2.24) is 0 Å². The lowest BCUT2D eigenvalue weighted by Gasteiger charge is -2.10. The zero-order chi connectivity index (χ0) is 18.6. The van der Waals surface area contributed by atoms with E-state index in [0.717, 1.165) is 5.56 Å². The van der Waals surface area contributed by atoms with Gasteiger partial charge in [-0.15, -0.1) is 0 Å². The second-order valence-electron chi connectivity index (χ2n) is 5.07. The molecule has 0 aromatic heterocycles. The molecular formula is C17H13BrN2O4S. The highest BCUT2D eigenvalue weighted by molar-refractivity contribution is 9.10. The predicted molar refractivity (Wildman–Crippen MR) is 95.9 cm³/mol. The van der Waals surface area contributed by atoms with E-state index in [2.05, 4.69) is 15.9 Å². The van der Waals surface area contributed by atoms with Crippen molar-refractivity contribution in [2.45, 2.75) is 11.8 Å². The molecule has 0 radical (unpaired) electrons. The summed E-state index contributed by atoms with van der Waals surface area (Å²) < 4.78 is 30.7. The van der Waals surface area contributed by atoms with Gasteiger partial charge in [-0.25, -0.2) is 0 Å². The van der Waals surface area contributed by atoms with Crippen molar-refractivity contribution >= 4 is 38.0 Å². The smallest absolute Gasteiger partial charge is 0.339 e. The van der Waals surface area contributed by atoms with E-state index in [-0.39, 0.29) is 21.8 Å². The van der Waals surface area contributed by atoms with Crippen LogP contribution >= 0.6 is 15.9 Å². The summed E-state index contributed by atoms with van der Waals surface area (Å²) in [5.74, 6) is -0.951. The van der Waals surface area contributed by atoms with E-state index in [0.29, 0.717) is 4.47 Å². The van der Waals surface area contributed by atoms with E-state index in [9.17, 15) is 13.2 Å². The van der Waals surface area contributed by atoms with E-state index in [4.69, 9.17) is 15.2 Å². The monoisotopic (exact) mass is 420 g/mol. The highest BCUT2D eigenvalue weighted by Crippen LogP contribution is 2.28. The number of nitrogens with two attached hydrogens (primary N) is 1. The Labute approximate surface area is 153 Å². The molecular weight excluding hydrogens is 408 g/mol. The fourth-order valence-corrected chi connectivity index (χ4v) is 3.23. The quantitative estimate of drug-likeness (QED) is 0.454. The van der Waals surface area contributed by atoms with E-state index in [1.165, 1.54) is 30.3 Å². The predicted octanol–water partition coefficient (Wildman–Crippen LogP) is 2.92. The molecule has 128 valence electrons. The highest BCUT2D eigenvalue weighted by Gasteiger charge is 2.19. The van der Waals surface area contributed by atoms with Crippen molar-refractivity contribution in [2.24, 2.45) is 5.73 Å². The maximum atomic E-state index is 12.4. The number of nitrogens with zero attached hydrogens (tertiary/aromatic N) is 1. The number of carbonyl (C=O) groups is 1. The van der Waals surface area contributed by atoms with Crippen LogP contribution in [0.15, 0.2) is 57.4 Å². The van der Waals surface area contributed by atoms with Gasteiger partial charge in [-0.1, -0.05) is 33.6 Å². The topological polar surface area (TPSA) is 110 Å². The molecule has 1 amide bonds. The zero-order valence-corrected chi connectivity index (χ0v) is 15.5. The Balaban J connectivity index is 2.48. The van der Waals surface area contributed by atoms with Crippen LogP contribution in [0.1, 0.15) is 11.1 Å². The van der Waals surface area contributed by atoms with Crippen molar-refractivity contribution in [1.29, 1.82) is 5.26 Å². The van der Waals surface area contributed by atoms with Gasteiger partial charge in [0, 0.05) is 10.0 Å². The first-order valence-corrected chi connectivity index (χ1v) is 9.15. The first-order chi connectivity index (χ1) is 11.7. The summed E-state index contributed by atoms with van der Waals surface area (Å²) in [5.41, 5.74) is 5.92. The van der Waals surface area contributed by atoms with Crippen LogP contribution in [0.5, 0.6) is 5.75 Å². The summed E-state index contributed by atoms with van der Waals surface area (Å²) in [7, 11) is -4.07. The van der Waals surface area contributed by atoms with Gasteiger partial charge < -0.3 is 9.92 Å². The molecule has 0 spiro atoms. The molecule has 8 heteroatoms. The van der Waals surface area contributed by atoms with Crippen molar-refractivity contribution in [3.05, 3.63) is 63.6 Å². The van der Waals surface area contributed by atoms with Crippen LogP contribution in [0.2, 0.25) is 0 Å². The van der Waals surface area contributed by atoms with Crippen molar-refractivity contribution in [2.75, 3.05) is 0 Å². The Morgan fingerprint density at radius 3 is 2.44 bits per heavy atom. The molecule has 0 saturated carbocycles. The fourth-order valence-electron chi connectivity index (χ4n) is 1.89. The lowest BCUT2D eigenvalue weighted by molar-refractivity contribution is -0.114. The number of primary amides is 1. The second-order valence-corrected chi connectivity index (χ2v) is 7.53. The van der Waals surface area contributed by atoms with Gasteiger partial charge >= 0.3 is 10.1 Å². The number of aryl methyl sites for hydroxylation is 1. The number of carbonyl (C=O) groups excluding carboxylic acids is 1. The zero-order valence-electron chi connectivity index (χ0n) is 13.1. The van der Waals surface area contributed by atoms with Crippen molar-refractivity contribution in [3.8, 4) is 11.8 Å². The van der Waals surface area contributed by atoms with Gasteiger partial charge in [0.05, 0.1) is 0 Å². The third-order valence-corrected chi connectivity index (χ3v) is 4.91. The molecule has 25 heavy (non-hydrogen) atoms. The lowest BCUT2D eigenvalue weighted by Crippen LogP contribution is -2.13. The molecule has 2 aromatic rings. The van der Waals surface area contributed by atoms with Gasteiger partial charge in [-0.05, 0) is 43.3 Å². The van der Waals surface area contributed by atoms with Crippen molar-refractivity contribution in [3.63, 3.8) is 0 Å². The summed E-state index contributed by atoms with van der Waals surface area (Å²) >= 11 is 3.24. The lowest BCUT2D eigenvalue weighted by atomic mass is 10.1. The Bertz CT molecular complexity index is 990. The maximum absolute atomic E-state index is 12.4. The first kappa shape index (κ1) is 18.7. The van der Waals surface area contributed by atoms with Gasteiger partial charge in [-0.3, -0.25) is 4.79 Å². The molecule has 2 N–H and O–H groups in total. The SMILES string of the molecule is Cc1ccc(S(=O)(=O)Oc2ccc(Br)cc2/C=C(\C#N)C(N)=O)cc1. The molecule has 0 atom stereocenters. The normalized spacial score (nSPS) is 11.6. The average molecular weight is 421 g/mol. The number of rotatable bonds is 5. The van der Waals surface area contributed by atoms with Crippen molar-refractivity contribution < 1.29 is 17.4 Å². The molecule has 2 rings (SSSR count). The number of benzene rings is 2. The van der Waals surface area contributed by atoms with Gasteiger partial charge in [0.15, 0.2) is 0 Å². The van der Waals surface area contributed by atoms with Crippen LogP contribution in [-0.4, -0.2) is 14.3 Å². The van der Waals surface area contributed by atoms with Crippen LogP contribution in [0.3, 0.4) is 0 Å². The van der Waals surface area contributed by atoms with E-state index in [1.54, 1.807) is 24.3 Å². The highest BCUT2D eigenvalue weighted by atomic mass is 79.9. The molecule has 0 saturated heterocycles. The van der Waals surface area contributed by atoms with Gasteiger partial charge in [0.25, 0.3) is 5.91 Å². The average Bonchev–Trinajstić information content (AvgIpc) is 2.54. The fraction of sp³-hybridized carbons (Fsp3) is 0.0588. The summed E-state index contributed by atoms with van der Waals surface area (Å²) in [6.07, 6.45) is 1.17. The van der Waals surface area contributed by atoms with Gasteiger partial charge in [0.2, 0.25) is 0 Å². The number of nitriles is 1. The molecule has 2 aromatic carbocycles. The van der Waals surface area contributed by atoms with E-state index in [1.807, 2.05) is 6.92 Å². The van der Waals surface area contributed by atoms with Crippen LogP contribution in [0.4, 0.5) is 0 Å².